The average molecular weight is 275 g/mol. The molecule has 0 aromatic carbocycles. The van der Waals surface area contributed by atoms with Crippen LogP contribution in [0.15, 0.2) is 0 Å². The highest BCUT2D eigenvalue weighted by atomic mass is 16.1. The van der Waals surface area contributed by atoms with Crippen molar-refractivity contribution in [3.8, 4) is 0 Å². The van der Waals surface area contributed by atoms with Crippen LogP contribution in [0.4, 0.5) is 11.6 Å². The van der Waals surface area contributed by atoms with Crippen LogP contribution in [-0.2, 0) is 4.79 Å². The topological polar surface area (TPSA) is 98.1 Å². The maximum Gasteiger partial charge on any atom is 0.222 e. The van der Waals surface area contributed by atoms with Gasteiger partial charge in [-0.2, -0.15) is 0 Å². The minimum absolute atomic E-state index is 0.0938. The van der Waals surface area contributed by atoms with Crippen LogP contribution < -0.4 is 16.4 Å². The third-order valence-electron chi connectivity index (χ3n) is 4.24. The van der Waals surface area contributed by atoms with E-state index in [9.17, 15) is 4.79 Å². The molecule has 4 N–H and O–H groups in total. The Morgan fingerprint density at radius 3 is 2.70 bits per heavy atom. The summed E-state index contributed by atoms with van der Waals surface area (Å²) in [6.45, 7) is 3.47. The van der Waals surface area contributed by atoms with E-state index < -0.39 is 0 Å². The van der Waals surface area contributed by atoms with Gasteiger partial charge in [0.2, 0.25) is 5.91 Å². The molecule has 0 bridgehead atoms. The summed E-state index contributed by atoms with van der Waals surface area (Å²) in [5.74, 6) is 2.43. The van der Waals surface area contributed by atoms with E-state index in [0.29, 0.717) is 18.3 Å². The first-order valence-corrected chi connectivity index (χ1v) is 7.24. The van der Waals surface area contributed by atoms with Gasteiger partial charge >= 0.3 is 0 Å². The van der Waals surface area contributed by atoms with Crippen LogP contribution in [0.3, 0.4) is 0 Å². The number of carbonyl (C=O) groups is 1. The van der Waals surface area contributed by atoms with Crippen molar-refractivity contribution >= 4 is 17.5 Å². The molecule has 108 valence electrons. The van der Waals surface area contributed by atoms with Gasteiger partial charge in [-0.05, 0) is 32.6 Å². The van der Waals surface area contributed by atoms with Crippen molar-refractivity contribution in [2.45, 2.75) is 38.5 Å². The van der Waals surface area contributed by atoms with Crippen molar-refractivity contribution < 1.29 is 4.79 Å². The molecule has 0 spiro atoms. The molecule has 0 radical (unpaired) electrons. The quantitative estimate of drug-likeness (QED) is 0.855. The normalized spacial score (nSPS) is 22.9. The molecule has 2 heterocycles. The number of aromatic nitrogens is 2. The molecule has 1 aliphatic heterocycles. The Morgan fingerprint density at radius 2 is 2.05 bits per heavy atom. The zero-order valence-electron chi connectivity index (χ0n) is 11.8. The number of hydrogen-bond donors (Lipinski definition) is 2. The zero-order chi connectivity index (χ0) is 14.3. The van der Waals surface area contributed by atoms with Crippen molar-refractivity contribution in [3.05, 3.63) is 11.4 Å². The molecule has 1 unspecified atom stereocenters. The van der Waals surface area contributed by atoms with Gasteiger partial charge in [-0.15, -0.1) is 0 Å². The molecule has 1 saturated carbocycles. The number of rotatable bonds is 3. The van der Waals surface area contributed by atoms with Gasteiger partial charge in [0, 0.05) is 24.6 Å². The van der Waals surface area contributed by atoms with Crippen molar-refractivity contribution in [2.24, 2.45) is 11.7 Å². The molecule has 1 aromatic rings. The number of carbonyl (C=O) groups excluding carboxylic acids is 1. The molecular weight excluding hydrogens is 254 g/mol. The summed E-state index contributed by atoms with van der Waals surface area (Å²) in [5, 5.41) is 0. The van der Waals surface area contributed by atoms with Gasteiger partial charge in [0.05, 0.1) is 5.92 Å². The van der Waals surface area contributed by atoms with Crippen LogP contribution in [0, 0.1) is 12.8 Å². The number of nitrogen functional groups attached to an aromatic ring is 1. The Morgan fingerprint density at radius 1 is 1.30 bits per heavy atom. The van der Waals surface area contributed by atoms with Crippen LogP contribution in [0.5, 0.6) is 0 Å². The van der Waals surface area contributed by atoms with Crippen molar-refractivity contribution in [3.63, 3.8) is 0 Å². The minimum Gasteiger partial charge on any atom is -0.383 e. The summed E-state index contributed by atoms with van der Waals surface area (Å²) in [5.41, 5.74) is 12.4. The highest BCUT2D eigenvalue weighted by Gasteiger charge is 2.30. The van der Waals surface area contributed by atoms with Crippen LogP contribution in [0.1, 0.15) is 43.0 Å². The Kier molecular flexibility index (Phi) is 3.23. The van der Waals surface area contributed by atoms with Gasteiger partial charge in [0.15, 0.2) is 0 Å². The van der Waals surface area contributed by atoms with Crippen LogP contribution in [0.25, 0.3) is 0 Å². The second-order valence-corrected chi connectivity index (χ2v) is 5.88. The fourth-order valence-corrected chi connectivity index (χ4v) is 2.77. The summed E-state index contributed by atoms with van der Waals surface area (Å²) in [7, 11) is 0. The molecule has 1 amide bonds. The molecule has 2 aliphatic rings. The van der Waals surface area contributed by atoms with E-state index in [0.717, 1.165) is 49.4 Å². The van der Waals surface area contributed by atoms with E-state index in [1.807, 2.05) is 6.92 Å². The van der Waals surface area contributed by atoms with Crippen molar-refractivity contribution in [2.75, 3.05) is 23.7 Å². The maximum absolute atomic E-state index is 11.4. The second kappa shape index (κ2) is 4.92. The van der Waals surface area contributed by atoms with E-state index in [1.54, 1.807) is 0 Å². The second-order valence-electron chi connectivity index (χ2n) is 5.88. The van der Waals surface area contributed by atoms with Crippen molar-refractivity contribution in [1.82, 2.24) is 9.97 Å². The van der Waals surface area contributed by atoms with E-state index >= 15 is 0 Å². The summed E-state index contributed by atoms with van der Waals surface area (Å²) in [4.78, 5) is 22.6. The lowest BCUT2D eigenvalue weighted by Crippen LogP contribution is -2.42. The molecule has 1 aliphatic carbocycles. The fourth-order valence-electron chi connectivity index (χ4n) is 2.77. The van der Waals surface area contributed by atoms with Gasteiger partial charge in [-0.25, -0.2) is 9.97 Å². The summed E-state index contributed by atoms with van der Waals surface area (Å²) < 4.78 is 0. The maximum atomic E-state index is 11.4. The van der Waals surface area contributed by atoms with E-state index in [-0.39, 0.29) is 11.8 Å². The Bertz CT molecular complexity index is 541. The first-order chi connectivity index (χ1) is 9.56. The number of piperidine rings is 1. The molecule has 6 nitrogen and oxygen atoms in total. The van der Waals surface area contributed by atoms with Gasteiger partial charge in [0.1, 0.15) is 17.5 Å². The lowest BCUT2D eigenvalue weighted by molar-refractivity contribution is -0.122. The standard InChI is InChI=1S/C14H21N5O/c1-8-11(15)17-13(9-4-5-9)18-14(8)19-6-2-3-10(7-19)12(16)20/h9-10H,2-7H2,1H3,(H2,16,20)(H2,15,17,18). The molecule has 1 aromatic heterocycles. The summed E-state index contributed by atoms with van der Waals surface area (Å²) in [6.07, 6.45) is 4.11. The first-order valence-electron chi connectivity index (χ1n) is 7.24. The smallest absolute Gasteiger partial charge is 0.222 e. The lowest BCUT2D eigenvalue weighted by atomic mass is 9.97. The fraction of sp³-hybridized carbons (Fsp3) is 0.643. The van der Waals surface area contributed by atoms with E-state index in [1.165, 1.54) is 0 Å². The molecule has 6 heteroatoms. The van der Waals surface area contributed by atoms with Gasteiger partial charge in [0.25, 0.3) is 0 Å². The lowest BCUT2D eigenvalue weighted by Gasteiger charge is -2.33. The predicted octanol–water partition coefficient (Wildman–Crippen LogP) is 0.946. The van der Waals surface area contributed by atoms with Gasteiger partial charge in [-0.1, -0.05) is 0 Å². The number of anilines is 2. The number of nitrogens with two attached hydrogens (primary N) is 2. The summed E-state index contributed by atoms with van der Waals surface area (Å²) >= 11 is 0. The molecule has 20 heavy (non-hydrogen) atoms. The van der Waals surface area contributed by atoms with Gasteiger partial charge in [-0.3, -0.25) is 4.79 Å². The molecule has 2 fully saturated rings. The number of amides is 1. The summed E-state index contributed by atoms with van der Waals surface area (Å²) in [6, 6.07) is 0. The van der Waals surface area contributed by atoms with Crippen molar-refractivity contribution in [1.29, 1.82) is 0 Å². The largest absolute Gasteiger partial charge is 0.383 e. The van der Waals surface area contributed by atoms with Crippen LogP contribution in [0.2, 0.25) is 0 Å². The van der Waals surface area contributed by atoms with Gasteiger partial charge < -0.3 is 16.4 Å². The third kappa shape index (κ3) is 2.42. The molecule has 1 saturated heterocycles. The Balaban J connectivity index is 1.90. The molecular formula is C14H21N5O. The predicted molar refractivity (Wildman–Crippen MR) is 77.3 cm³/mol. The number of nitrogens with zero attached hydrogens (tertiary/aromatic N) is 3. The highest BCUT2D eigenvalue weighted by molar-refractivity contribution is 5.77. The monoisotopic (exact) mass is 275 g/mol. The highest BCUT2D eigenvalue weighted by Crippen LogP contribution is 2.40. The Hall–Kier alpha value is -1.85. The van der Waals surface area contributed by atoms with Crippen LogP contribution >= 0.6 is 0 Å². The van der Waals surface area contributed by atoms with E-state index in [4.69, 9.17) is 16.5 Å². The Labute approximate surface area is 118 Å². The van der Waals surface area contributed by atoms with Crippen LogP contribution in [-0.4, -0.2) is 29.0 Å². The zero-order valence-corrected chi connectivity index (χ0v) is 11.8. The number of primary amides is 1. The molecule has 3 rings (SSSR count). The number of hydrogen-bond acceptors (Lipinski definition) is 5. The minimum atomic E-state index is -0.225. The molecule has 1 atom stereocenters. The third-order valence-corrected chi connectivity index (χ3v) is 4.24. The SMILES string of the molecule is Cc1c(N)nc(C2CC2)nc1N1CCCC(C(N)=O)C1. The first kappa shape index (κ1) is 13.1. The average Bonchev–Trinajstić information content (AvgIpc) is 3.26. The van der Waals surface area contributed by atoms with E-state index in [2.05, 4.69) is 9.88 Å².